The highest BCUT2D eigenvalue weighted by Gasteiger charge is 2.34. The highest BCUT2D eigenvalue weighted by Crippen LogP contribution is 2.47. The van der Waals surface area contributed by atoms with Crippen LogP contribution in [0, 0.1) is 29.6 Å². The molecule has 0 heterocycles. The lowest BCUT2D eigenvalue weighted by Gasteiger charge is -2.41. The maximum Gasteiger partial charge on any atom is 0.115 e. The highest BCUT2D eigenvalue weighted by atomic mass is 19.1. The molecule has 0 unspecified atom stereocenters. The number of halogens is 1. The van der Waals surface area contributed by atoms with E-state index < -0.39 is 0 Å². The van der Waals surface area contributed by atoms with Crippen LogP contribution in [0.2, 0.25) is 0 Å². The minimum Gasteiger partial charge on any atom is -0.246 e. The maximum absolute atomic E-state index is 12.8. The van der Waals surface area contributed by atoms with E-state index in [4.69, 9.17) is 0 Å². The van der Waals surface area contributed by atoms with Crippen LogP contribution in [0.5, 0.6) is 0 Å². The minimum absolute atomic E-state index is 0.337. The van der Waals surface area contributed by atoms with Crippen LogP contribution in [-0.2, 0) is 6.67 Å². The molecule has 1 aromatic rings. The van der Waals surface area contributed by atoms with E-state index >= 15 is 0 Å². The zero-order chi connectivity index (χ0) is 20.1. The first kappa shape index (κ1) is 21.4. The number of hydrogen-bond acceptors (Lipinski definition) is 0. The summed E-state index contributed by atoms with van der Waals surface area (Å²) in [6.07, 6.45) is 20.6. The van der Waals surface area contributed by atoms with E-state index in [2.05, 4.69) is 19.1 Å². The predicted molar refractivity (Wildman–Crippen MR) is 122 cm³/mol. The molecule has 162 valence electrons. The molecular formula is C28H43F. The first-order chi connectivity index (χ1) is 14.3. The molecule has 4 rings (SSSR count). The topological polar surface area (TPSA) is 0 Å². The van der Waals surface area contributed by atoms with Gasteiger partial charge in [0.15, 0.2) is 0 Å². The standard InChI is InChI=1S/C28H43F/c1-2-3-21-4-8-23(9-5-21)25-12-16-27(17-13-25)28-18-14-26(15-19-28)24-10-6-22(20-29)7-11-24/h6-7,10-11,21,23,25-28H,2-5,8-9,12-20H2,1H3. The lowest BCUT2D eigenvalue weighted by molar-refractivity contribution is 0.109. The van der Waals surface area contributed by atoms with E-state index in [1.807, 2.05) is 12.1 Å². The van der Waals surface area contributed by atoms with Gasteiger partial charge in [0.1, 0.15) is 6.67 Å². The second kappa shape index (κ2) is 10.5. The molecule has 3 aliphatic rings. The number of rotatable bonds is 6. The van der Waals surface area contributed by atoms with Crippen LogP contribution in [0.15, 0.2) is 24.3 Å². The van der Waals surface area contributed by atoms with Crippen molar-refractivity contribution in [2.45, 2.75) is 109 Å². The van der Waals surface area contributed by atoms with E-state index in [1.54, 1.807) is 0 Å². The van der Waals surface area contributed by atoms with E-state index in [-0.39, 0.29) is 6.67 Å². The molecular weight excluding hydrogens is 355 g/mol. The van der Waals surface area contributed by atoms with Crippen molar-refractivity contribution in [2.24, 2.45) is 29.6 Å². The Kier molecular flexibility index (Phi) is 7.71. The SMILES string of the molecule is CCCC1CCC(C2CCC(C3CCC(c4ccc(CF)cc4)CC3)CC2)CC1. The van der Waals surface area contributed by atoms with Gasteiger partial charge in [-0.05, 0) is 111 Å². The van der Waals surface area contributed by atoms with Crippen LogP contribution in [0.1, 0.15) is 114 Å². The Hall–Kier alpha value is -0.850. The maximum atomic E-state index is 12.8. The number of hydrogen-bond donors (Lipinski definition) is 0. The van der Waals surface area contributed by atoms with Crippen molar-refractivity contribution in [2.75, 3.05) is 0 Å². The summed E-state index contributed by atoms with van der Waals surface area (Å²) in [7, 11) is 0. The summed E-state index contributed by atoms with van der Waals surface area (Å²) in [5.41, 5.74) is 2.26. The van der Waals surface area contributed by atoms with Gasteiger partial charge in [-0.2, -0.15) is 0 Å². The molecule has 1 heteroatoms. The van der Waals surface area contributed by atoms with Crippen LogP contribution in [0.4, 0.5) is 4.39 Å². The minimum atomic E-state index is -0.337. The Morgan fingerprint density at radius 2 is 1.10 bits per heavy atom. The van der Waals surface area contributed by atoms with Gasteiger partial charge in [-0.25, -0.2) is 4.39 Å². The first-order valence-corrected chi connectivity index (χ1v) is 12.9. The summed E-state index contributed by atoms with van der Waals surface area (Å²) in [5.74, 6) is 5.88. The van der Waals surface area contributed by atoms with Crippen LogP contribution in [0.3, 0.4) is 0 Å². The van der Waals surface area contributed by atoms with Crippen molar-refractivity contribution >= 4 is 0 Å². The predicted octanol–water partition coefficient (Wildman–Crippen LogP) is 8.84. The highest BCUT2D eigenvalue weighted by molar-refractivity contribution is 5.25. The normalized spacial score (nSPS) is 36.1. The lowest BCUT2D eigenvalue weighted by Crippen LogP contribution is -2.29. The van der Waals surface area contributed by atoms with Gasteiger partial charge in [0, 0.05) is 0 Å². The molecule has 0 nitrogen and oxygen atoms in total. The van der Waals surface area contributed by atoms with Gasteiger partial charge in [-0.1, -0.05) is 56.9 Å². The molecule has 0 aromatic heterocycles. The van der Waals surface area contributed by atoms with Gasteiger partial charge in [0.25, 0.3) is 0 Å². The fourth-order valence-electron chi connectivity index (χ4n) is 7.25. The summed E-state index contributed by atoms with van der Waals surface area (Å²) in [4.78, 5) is 0. The smallest absolute Gasteiger partial charge is 0.115 e. The molecule has 3 fully saturated rings. The molecule has 0 bridgehead atoms. The van der Waals surface area contributed by atoms with Gasteiger partial charge in [-0.3, -0.25) is 0 Å². The van der Waals surface area contributed by atoms with Gasteiger partial charge in [0.05, 0.1) is 0 Å². The van der Waals surface area contributed by atoms with Crippen LogP contribution >= 0.6 is 0 Å². The Bertz CT molecular complexity index is 581. The van der Waals surface area contributed by atoms with Gasteiger partial charge in [-0.15, -0.1) is 0 Å². The van der Waals surface area contributed by atoms with Crippen molar-refractivity contribution < 1.29 is 4.39 Å². The van der Waals surface area contributed by atoms with E-state index in [9.17, 15) is 4.39 Å². The molecule has 3 aliphatic carbocycles. The zero-order valence-corrected chi connectivity index (χ0v) is 18.8. The van der Waals surface area contributed by atoms with Crippen molar-refractivity contribution in [3.63, 3.8) is 0 Å². The molecule has 0 N–H and O–H groups in total. The van der Waals surface area contributed by atoms with Crippen molar-refractivity contribution in [3.05, 3.63) is 35.4 Å². The van der Waals surface area contributed by atoms with Crippen LogP contribution in [0.25, 0.3) is 0 Å². The van der Waals surface area contributed by atoms with Gasteiger partial charge < -0.3 is 0 Å². The first-order valence-electron chi connectivity index (χ1n) is 12.9. The second-order valence-electron chi connectivity index (χ2n) is 10.7. The number of benzene rings is 1. The molecule has 0 radical (unpaired) electrons. The monoisotopic (exact) mass is 398 g/mol. The van der Waals surface area contributed by atoms with Crippen LogP contribution in [-0.4, -0.2) is 0 Å². The molecule has 29 heavy (non-hydrogen) atoms. The van der Waals surface area contributed by atoms with Crippen LogP contribution < -0.4 is 0 Å². The molecule has 0 aliphatic heterocycles. The summed E-state index contributed by atoms with van der Waals surface area (Å²) >= 11 is 0. The average Bonchev–Trinajstić information content (AvgIpc) is 2.80. The fraction of sp³-hybridized carbons (Fsp3) is 0.786. The molecule has 1 aromatic carbocycles. The molecule has 0 spiro atoms. The van der Waals surface area contributed by atoms with E-state index in [0.29, 0.717) is 0 Å². The Balaban J connectivity index is 1.19. The van der Waals surface area contributed by atoms with Gasteiger partial charge in [0.2, 0.25) is 0 Å². The second-order valence-corrected chi connectivity index (χ2v) is 10.7. The molecule has 0 saturated heterocycles. The number of alkyl halides is 1. The van der Waals surface area contributed by atoms with E-state index in [1.165, 1.54) is 95.5 Å². The molecule has 0 atom stereocenters. The van der Waals surface area contributed by atoms with Crippen molar-refractivity contribution in [1.82, 2.24) is 0 Å². The third-order valence-electron chi connectivity index (χ3n) is 9.12. The van der Waals surface area contributed by atoms with Gasteiger partial charge >= 0.3 is 0 Å². The Morgan fingerprint density at radius 1 is 0.655 bits per heavy atom. The Labute approximate surface area is 179 Å². The third-order valence-corrected chi connectivity index (χ3v) is 9.12. The third kappa shape index (κ3) is 5.45. The summed E-state index contributed by atoms with van der Waals surface area (Å²) in [5, 5.41) is 0. The fourth-order valence-corrected chi connectivity index (χ4v) is 7.25. The lowest BCUT2D eigenvalue weighted by atomic mass is 9.64. The molecule has 0 amide bonds. The van der Waals surface area contributed by atoms with Crippen molar-refractivity contribution in [3.8, 4) is 0 Å². The summed E-state index contributed by atoms with van der Waals surface area (Å²) in [6.45, 7) is 2.01. The van der Waals surface area contributed by atoms with E-state index in [0.717, 1.165) is 41.1 Å². The largest absolute Gasteiger partial charge is 0.246 e. The zero-order valence-electron chi connectivity index (χ0n) is 18.8. The molecule has 3 saturated carbocycles. The van der Waals surface area contributed by atoms with Crippen molar-refractivity contribution in [1.29, 1.82) is 0 Å². The summed E-state index contributed by atoms with van der Waals surface area (Å²) in [6, 6.07) is 8.33. The Morgan fingerprint density at radius 3 is 1.55 bits per heavy atom. The summed E-state index contributed by atoms with van der Waals surface area (Å²) < 4.78 is 12.8. The quantitative estimate of drug-likeness (QED) is 0.449. The average molecular weight is 399 g/mol.